The molecule has 1 aromatic rings. The van der Waals surface area contributed by atoms with Gasteiger partial charge in [-0.05, 0) is 56.3 Å². The van der Waals surface area contributed by atoms with Crippen LogP contribution >= 0.6 is 11.6 Å². The van der Waals surface area contributed by atoms with E-state index in [1.807, 2.05) is 6.07 Å². The highest BCUT2D eigenvalue weighted by molar-refractivity contribution is 6.29. The number of anilines is 1. The summed E-state index contributed by atoms with van der Waals surface area (Å²) in [5.74, 6) is 5.22. The van der Waals surface area contributed by atoms with Gasteiger partial charge in [-0.3, -0.25) is 0 Å². The highest BCUT2D eigenvalue weighted by Crippen LogP contribution is 2.49. The third-order valence-electron chi connectivity index (χ3n) is 4.63. The molecule has 1 N–H and O–H groups in total. The van der Waals surface area contributed by atoms with Crippen LogP contribution in [0.2, 0.25) is 5.15 Å². The Balaban J connectivity index is 1.43. The Morgan fingerprint density at radius 1 is 1.11 bits per heavy atom. The zero-order chi connectivity index (χ0) is 12.8. The molecule has 4 rings (SSSR count). The number of nitrogens with one attached hydrogen (secondary N) is 1. The van der Waals surface area contributed by atoms with Crippen LogP contribution in [0.25, 0.3) is 0 Å². The van der Waals surface area contributed by atoms with Crippen LogP contribution in [0.15, 0.2) is 6.07 Å². The van der Waals surface area contributed by atoms with Crippen molar-refractivity contribution >= 4 is 17.4 Å². The van der Waals surface area contributed by atoms with E-state index in [2.05, 4.69) is 15.3 Å². The second-order valence-electron chi connectivity index (χ2n) is 6.43. The van der Waals surface area contributed by atoms with Crippen molar-refractivity contribution < 1.29 is 0 Å². The molecule has 0 aliphatic heterocycles. The maximum absolute atomic E-state index is 6.10. The molecule has 0 bridgehead atoms. The number of aromatic nitrogens is 2. The summed E-state index contributed by atoms with van der Waals surface area (Å²) in [6.45, 7) is 1.06. The average molecular weight is 278 g/mol. The van der Waals surface area contributed by atoms with Gasteiger partial charge in [0.2, 0.25) is 0 Å². The first-order valence-electron chi connectivity index (χ1n) is 7.58. The Morgan fingerprint density at radius 2 is 1.79 bits per heavy atom. The molecule has 0 atom stereocenters. The monoisotopic (exact) mass is 277 g/mol. The van der Waals surface area contributed by atoms with Crippen molar-refractivity contribution in [3.8, 4) is 0 Å². The minimum Gasteiger partial charge on any atom is -0.370 e. The molecule has 0 spiro atoms. The molecule has 0 amide bonds. The molecule has 3 fully saturated rings. The van der Waals surface area contributed by atoms with Gasteiger partial charge in [0.1, 0.15) is 16.8 Å². The van der Waals surface area contributed by atoms with E-state index in [4.69, 9.17) is 11.6 Å². The maximum Gasteiger partial charge on any atom is 0.135 e. The quantitative estimate of drug-likeness (QED) is 0.803. The standard InChI is InChI=1S/C15H20ClN3/c16-13-7-14(19-15(18-13)11-5-6-11)17-8-12(9-1-2-9)10-3-4-10/h7,9-12H,1-6,8H2,(H,17,18,19). The summed E-state index contributed by atoms with van der Waals surface area (Å²) in [5, 5.41) is 4.09. The zero-order valence-corrected chi connectivity index (χ0v) is 11.9. The van der Waals surface area contributed by atoms with E-state index in [1.165, 1.54) is 38.5 Å². The predicted octanol–water partition coefficient (Wildman–Crippen LogP) is 3.86. The lowest BCUT2D eigenvalue weighted by molar-refractivity contribution is 0.427. The number of halogens is 1. The van der Waals surface area contributed by atoms with Gasteiger partial charge in [0.15, 0.2) is 0 Å². The summed E-state index contributed by atoms with van der Waals surface area (Å²) in [4.78, 5) is 8.95. The maximum atomic E-state index is 6.10. The van der Waals surface area contributed by atoms with Crippen molar-refractivity contribution in [1.29, 1.82) is 0 Å². The average Bonchev–Trinajstić information content (AvgIpc) is 3.27. The second-order valence-corrected chi connectivity index (χ2v) is 6.82. The Kier molecular flexibility index (Phi) is 2.91. The molecule has 0 unspecified atom stereocenters. The summed E-state index contributed by atoms with van der Waals surface area (Å²) >= 11 is 6.10. The summed E-state index contributed by atoms with van der Waals surface area (Å²) in [6.07, 6.45) is 8.15. The molecule has 3 aliphatic carbocycles. The van der Waals surface area contributed by atoms with Crippen LogP contribution in [0.1, 0.15) is 50.3 Å². The Bertz CT molecular complexity index is 466. The summed E-state index contributed by atoms with van der Waals surface area (Å²) in [6, 6.07) is 1.87. The molecule has 0 radical (unpaired) electrons. The lowest BCUT2D eigenvalue weighted by Gasteiger charge is -2.17. The first kappa shape index (κ1) is 12.0. The van der Waals surface area contributed by atoms with Crippen LogP contribution in [0.3, 0.4) is 0 Å². The first-order valence-corrected chi connectivity index (χ1v) is 7.96. The van der Waals surface area contributed by atoms with Crippen molar-refractivity contribution in [2.24, 2.45) is 17.8 Å². The van der Waals surface area contributed by atoms with Crippen LogP contribution in [-0.2, 0) is 0 Å². The van der Waals surface area contributed by atoms with Crippen molar-refractivity contribution in [2.75, 3.05) is 11.9 Å². The lowest BCUT2D eigenvalue weighted by atomic mass is 9.98. The van der Waals surface area contributed by atoms with Crippen LogP contribution in [-0.4, -0.2) is 16.5 Å². The molecular weight excluding hydrogens is 258 g/mol. The highest BCUT2D eigenvalue weighted by atomic mass is 35.5. The van der Waals surface area contributed by atoms with Gasteiger partial charge in [0.25, 0.3) is 0 Å². The fourth-order valence-corrected chi connectivity index (χ4v) is 3.23. The molecular formula is C15H20ClN3. The third kappa shape index (κ3) is 2.86. The second kappa shape index (κ2) is 4.62. The predicted molar refractivity (Wildman–Crippen MR) is 76.4 cm³/mol. The van der Waals surface area contributed by atoms with E-state index in [0.29, 0.717) is 11.1 Å². The van der Waals surface area contributed by atoms with Gasteiger partial charge in [-0.15, -0.1) is 0 Å². The SMILES string of the molecule is Clc1cc(NCC(C2CC2)C2CC2)nc(C2CC2)n1. The smallest absolute Gasteiger partial charge is 0.135 e. The van der Waals surface area contributed by atoms with Crippen molar-refractivity contribution in [3.05, 3.63) is 17.0 Å². The first-order chi connectivity index (χ1) is 9.29. The largest absolute Gasteiger partial charge is 0.370 e. The van der Waals surface area contributed by atoms with Gasteiger partial charge in [-0.2, -0.15) is 0 Å². The van der Waals surface area contributed by atoms with Crippen molar-refractivity contribution in [1.82, 2.24) is 9.97 Å². The molecule has 0 aromatic carbocycles. The number of hydrogen-bond acceptors (Lipinski definition) is 3. The van der Waals surface area contributed by atoms with Crippen LogP contribution in [0.4, 0.5) is 5.82 Å². The number of hydrogen-bond donors (Lipinski definition) is 1. The van der Waals surface area contributed by atoms with E-state index in [-0.39, 0.29) is 0 Å². The Labute approximate surface area is 119 Å². The molecule has 3 saturated carbocycles. The fourth-order valence-electron chi connectivity index (χ4n) is 3.04. The normalized spacial score (nSPS) is 22.8. The summed E-state index contributed by atoms with van der Waals surface area (Å²) < 4.78 is 0. The molecule has 102 valence electrons. The highest BCUT2D eigenvalue weighted by Gasteiger charge is 2.41. The van der Waals surface area contributed by atoms with Gasteiger partial charge >= 0.3 is 0 Å². The molecule has 3 aliphatic rings. The minimum atomic E-state index is 0.557. The zero-order valence-electron chi connectivity index (χ0n) is 11.1. The van der Waals surface area contributed by atoms with Crippen LogP contribution in [0, 0.1) is 17.8 Å². The topological polar surface area (TPSA) is 37.8 Å². The Hall–Kier alpha value is -0.830. The van der Waals surface area contributed by atoms with E-state index in [0.717, 1.165) is 35.9 Å². The van der Waals surface area contributed by atoms with Crippen molar-refractivity contribution in [2.45, 2.75) is 44.4 Å². The van der Waals surface area contributed by atoms with E-state index < -0.39 is 0 Å². The van der Waals surface area contributed by atoms with Gasteiger partial charge in [0.05, 0.1) is 0 Å². The summed E-state index contributed by atoms with van der Waals surface area (Å²) in [5.41, 5.74) is 0. The van der Waals surface area contributed by atoms with Gasteiger partial charge in [-0.25, -0.2) is 9.97 Å². The number of rotatable bonds is 6. The van der Waals surface area contributed by atoms with Crippen LogP contribution < -0.4 is 5.32 Å². The Morgan fingerprint density at radius 3 is 2.37 bits per heavy atom. The molecule has 1 heterocycles. The van der Waals surface area contributed by atoms with E-state index in [1.54, 1.807) is 0 Å². The molecule has 19 heavy (non-hydrogen) atoms. The van der Waals surface area contributed by atoms with Gasteiger partial charge in [0, 0.05) is 18.5 Å². The van der Waals surface area contributed by atoms with Crippen molar-refractivity contribution in [3.63, 3.8) is 0 Å². The third-order valence-corrected chi connectivity index (χ3v) is 4.82. The lowest BCUT2D eigenvalue weighted by Crippen LogP contribution is -2.19. The van der Waals surface area contributed by atoms with Gasteiger partial charge in [-0.1, -0.05) is 11.6 Å². The van der Waals surface area contributed by atoms with Crippen LogP contribution in [0.5, 0.6) is 0 Å². The molecule has 1 aromatic heterocycles. The molecule has 4 heteroatoms. The molecule has 0 saturated heterocycles. The minimum absolute atomic E-state index is 0.557. The van der Waals surface area contributed by atoms with E-state index in [9.17, 15) is 0 Å². The molecule has 3 nitrogen and oxygen atoms in total. The number of nitrogens with zero attached hydrogens (tertiary/aromatic N) is 2. The van der Waals surface area contributed by atoms with Gasteiger partial charge < -0.3 is 5.32 Å². The van der Waals surface area contributed by atoms with E-state index >= 15 is 0 Å². The fraction of sp³-hybridized carbons (Fsp3) is 0.733. The summed E-state index contributed by atoms with van der Waals surface area (Å²) in [7, 11) is 0.